The highest BCUT2D eigenvalue weighted by Crippen LogP contribution is 2.31. The van der Waals surface area contributed by atoms with Gasteiger partial charge in [0.1, 0.15) is 10.6 Å². The molecule has 0 aromatic carbocycles. The van der Waals surface area contributed by atoms with Gasteiger partial charge in [-0.3, -0.25) is 0 Å². The number of hydrogen-bond acceptors (Lipinski definition) is 4. The van der Waals surface area contributed by atoms with Gasteiger partial charge in [-0.1, -0.05) is 6.92 Å². The Morgan fingerprint density at radius 3 is 2.26 bits per heavy atom. The zero-order valence-corrected chi connectivity index (χ0v) is 14.2. The van der Waals surface area contributed by atoms with E-state index < -0.39 is 0 Å². The number of rotatable bonds is 6. The largest absolute Gasteiger partial charge is 0.369 e. The van der Waals surface area contributed by atoms with Gasteiger partial charge in [0.15, 0.2) is 0 Å². The second kappa shape index (κ2) is 6.33. The molecule has 3 nitrogen and oxygen atoms in total. The van der Waals surface area contributed by atoms with Crippen LogP contribution in [-0.4, -0.2) is 17.1 Å². The number of aryl methyl sites for hydroxylation is 1. The fraction of sp³-hybridized carbons (Fsp3) is 0.800. The molecule has 1 aromatic rings. The average Bonchev–Trinajstić information content (AvgIpc) is 2.69. The van der Waals surface area contributed by atoms with E-state index in [1.165, 1.54) is 10.6 Å². The van der Waals surface area contributed by atoms with Gasteiger partial charge >= 0.3 is 0 Å². The molecule has 0 fully saturated rings. The Bertz CT molecular complexity index is 405. The minimum Gasteiger partial charge on any atom is -0.369 e. The minimum atomic E-state index is -0.288. The molecule has 0 radical (unpaired) electrons. The van der Waals surface area contributed by atoms with Crippen LogP contribution in [0.1, 0.15) is 64.0 Å². The highest BCUT2D eigenvalue weighted by Gasteiger charge is 2.26. The SMILES string of the molecule is CCOC(C)(C)c1nc(CC)c(CNC(C)(C)C)s1. The van der Waals surface area contributed by atoms with Crippen molar-refractivity contribution in [3.63, 3.8) is 0 Å². The van der Waals surface area contributed by atoms with E-state index in [-0.39, 0.29) is 11.1 Å². The fourth-order valence-electron chi connectivity index (χ4n) is 1.82. The summed E-state index contributed by atoms with van der Waals surface area (Å²) in [6.45, 7) is 16.5. The highest BCUT2D eigenvalue weighted by molar-refractivity contribution is 7.11. The third-order valence-electron chi connectivity index (χ3n) is 2.91. The van der Waals surface area contributed by atoms with Crippen LogP contribution in [0.2, 0.25) is 0 Å². The monoisotopic (exact) mass is 284 g/mol. The number of nitrogens with zero attached hydrogens (tertiary/aromatic N) is 1. The molecule has 19 heavy (non-hydrogen) atoms. The van der Waals surface area contributed by atoms with Crippen molar-refractivity contribution in [2.75, 3.05) is 6.61 Å². The van der Waals surface area contributed by atoms with Crippen LogP contribution in [0.5, 0.6) is 0 Å². The number of thiazole rings is 1. The fourth-order valence-corrected chi connectivity index (χ4v) is 2.97. The summed E-state index contributed by atoms with van der Waals surface area (Å²) in [5, 5.41) is 4.62. The molecule has 1 N–H and O–H groups in total. The molecule has 0 bridgehead atoms. The van der Waals surface area contributed by atoms with Crippen LogP contribution < -0.4 is 5.32 Å². The average molecular weight is 284 g/mol. The number of nitrogens with one attached hydrogen (secondary N) is 1. The van der Waals surface area contributed by atoms with Crippen molar-refractivity contribution in [1.29, 1.82) is 0 Å². The summed E-state index contributed by atoms with van der Waals surface area (Å²) in [6, 6.07) is 0. The molecule has 0 aliphatic carbocycles. The quantitative estimate of drug-likeness (QED) is 0.861. The van der Waals surface area contributed by atoms with E-state index in [2.05, 4.69) is 46.9 Å². The summed E-state index contributed by atoms with van der Waals surface area (Å²) in [7, 11) is 0. The van der Waals surface area contributed by atoms with Crippen molar-refractivity contribution < 1.29 is 4.74 Å². The maximum absolute atomic E-state index is 5.80. The molecule has 0 spiro atoms. The Kier molecular flexibility index (Phi) is 5.53. The summed E-state index contributed by atoms with van der Waals surface area (Å²) in [6.07, 6.45) is 0.972. The highest BCUT2D eigenvalue weighted by atomic mass is 32.1. The Morgan fingerprint density at radius 1 is 1.16 bits per heavy atom. The molecule has 1 heterocycles. The molecule has 0 saturated carbocycles. The molecule has 0 aliphatic heterocycles. The van der Waals surface area contributed by atoms with Crippen molar-refractivity contribution in [2.24, 2.45) is 0 Å². The van der Waals surface area contributed by atoms with Gasteiger partial charge in [0, 0.05) is 23.6 Å². The predicted octanol–water partition coefficient (Wildman–Crippen LogP) is 3.87. The summed E-state index contributed by atoms with van der Waals surface area (Å²) < 4.78 is 5.80. The maximum Gasteiger partial charge on any atom is 0.125 e. The molecule has 0 saturated heterocycles. The van der Waals surface area contributed by atoms with Gasteiger partial charge < -0.3 is 10.1 Å². The van der Waals surface area contributed by atoms with E-state index in [4.69, 9.17) is 9.72 Å². The molecule has 0 amide bonds. The zero-order chi connectivity index (χ0) is 14.7. The Balaban J connectivity index is 2.91. The summed E-state index contributed by atoms with van der Waals surface area (Å²) >= 11 is 1.77. The first-order chi connectivity index (χ1) is 8.69. The van der Waals surface area contributed by atoms with Gasteiger partial charge in [0.25, 0.3) is 0 Å². The van der Waals surface area contributed by atoms with Gasteiger partial charge in [-0.05, 0) is 48.0 Å². The van der Waals surface area contributed by atoms with E-state index >= 15 is 0 Å². The summed E-state index contributed by atoms with van der Waals surface area (Å²) in [4.78, 5) is 6.11. The van der Waals surface area contributed by atoms with Crippen LogP contribution in [0.3, 0.4) is 0 Å². The van der Waals surface area contributed by atoms with Crippen molar-refractivity contribution in [3.8, 4) is 0 Å². The summed E-state index contributed by atoms with van der Waals surface area (Å²) in [5.41, 5.74) is 1.04. The Hall–Kier alpha value is -0.450. The van der Waals surface area contributed by atoms with E-state index in [9.17, 15) is 0 Å². The third kappa shape index (κ3) is 4.86. The standard InChI is InChI=1S/C15H28N2OS/c1-8-11-12(10-16-14(3,4)5)19-13(17-11)15(6,7)18-9-2/h16H,8-10H2,1-7H3. The van der Waals surface area contributed by atoms with Gasteiger partial charge in [-0.2, -0.15) is 0 Å². The van der Waals surface area contributed by atoms with Crippen LogP contribution in [0.25, 0.3) is 0 Å². The number of aromatic nitrogens is 1. The van der Waals surface area contributed by atoms with Crippen LogP contribution >= 0.6 is 11.3 Å². The predicted molar refractivity (Wildman–Crippen MR) is 82.7 cm³/mol. The molecule has 0 unspecified atom stereocenters. The van der Waals surface area contributed by atoms with E-state index in [1.807, 2.05) is 6.92 Å². The van der Waals surface area contributed by atoms with Crippen LogP contribution in [0, 0.1) is 0 Å². The Morgan fingerprint density at radius 2 is 1.79 bits per heavy atom. The van der Waals surface area contributed by atoms with Crippen molar-refractivity contribution in [2.45, 2.75) is 72.6 Å². The van der Waals surface area contributed by atoms with Crippen molar-refractivity contribution >= 4 is 11.3 Å². The molecule has 1 aromatic heterocycles. The number of hydrogen-bond donors (Lipinski definition) is 1. The van der Waals surface area contributed by atoms with Gasteiger partial charge in [-0.15, -0.1) is 11.3 Å². The lowest BCUT2D eigenvalue weighted by Crippen LogP contribution is -2.35. The maximum atomic E-state index is 5.80. The molecule has 0 atom stereocenters. The van der Waals surface area contributed by atoms with Gasteiger partial charge in [0.05, 0.1) is 5.69 Å². The van der Waals surface area contributed by atoms with Gasteiger partial charge in [-0.25, -0.2) is 4.98 Å². The summed E-state index contributed by atoms with van der Waals surface area (Å²) in [5.74, 6) is 0. The molecule has 0 aliphatic rings. The van der Waals surface area contributed by atoms with E-state index in [1.54, 1.807) is 11.3 Å². The molecular weight excluding hydrogens is 256 g/mol. The normalized spacial score (nSPS) is 13.0. The van der Waals surface area contributed by atoms with Crippen molar-refractivity contribution in [3.05, 3.63) is 15.6 Å². The lowest BCUT2D eigenvalue weighted by molar-refractivity contribution is -0.0142. The molecular formula is C15H28N2OS. The second-order valence-electron chi connectivity index (χ2n) is 6.29. The third-order valence-corrected chi connectivity index (χ3v) is 4.32. The minimum absolute atomic E-state index is 0.130. The number of ether oxygens (including phenoxy) is 1. The van der Waals surface area contributed by atoms with E-state index in [0.717, 1.165) is 18.0 Å². The first-order valence-electron chi connectivity index (χ1n) is 7.07. The van der Waals surface area contributed by atoms with Crippen molar-refractivity contribution in [1.82, 2.24) is 10.3 Å². The lowest BCUT2D eigenvalue weighted by atomic mass is 10.1. The first-order valence-corrected chi connectivity index (χ1v) is 7.89. The lowest BCUT2D eigenvalue weighted by Gasteiger charge is -2.21. The van der Waals surface area contributed by atoms with E-state index in [0.29, 0.717) is 6.61 Å². The van der Waals surface area contributed by atoms with Crippen LogP contribution in [-0.2, 0) is 23.3 Å². The van der Waals surface area contributed by atoms with Crippen LogP contribution in [0.4, 0.5) is 0 Å². The topological polar surface area (TPSA) is 34.1 Å². The molecule has 110 valence electrons. The second-order valence-corrected chi connectivity index (χ2v) is 7.37. The van der Waals surface area contributed by atoms with Crippen LogP contribution in [0.15, 0.2) is 0 Å². The zero-order valence-electron chi connectivity index (χ0n) is 13.4. The smallest absolute Gasteiger partial charge is 0.125 e. The molecule has 4 heteroatoms. The van der Waals surface area contributed by atoms with Gasteiger partial charge in [0.2, 0.25) is 0 Å². The first kappa shape index (κ1) is 16.6. The Labute approximate surface area is 121 Å². The molecule has 1 rings (SSSR count).